The average molecular weight is 463 g/mol. The molecular weight excluding hydrogens is 436 g/mol. The summed E-state index contributed by atoms with van der Waals surface area (Å²) in [4.78, 5) is 30.6. The van der Waals surface area contributed by atoms with Gasteiger partial charge < -0.3 is 19.3 Å². The van der Waals surface area contributed by atoms with Crippen LogP contribution >= 0.6 is 22.9 Å². The molecule has 2 aromatic rings. The number of methoxy groups -OCH3 is 1. The van der Waals surface area contributed by atoms with Gasteiger partial charge in [0.25, 0.3) is 0 Å². The fourth-order valence-electron chi connectivity index (χ4n) is 4.01. The summed E-state index contributed by atoms with van der Waals surface area (Å²) in [7, 11) is 1.50. The number of halogens is 1. The van der Waals surface area contributed by atoms with Crippen molar-refractivity contribution in [1.29, 1.82) is 0 Å². The van der Waals surface area contributed by atoms with Gasteiger partial charge in [-0.2, -0.15) is 0 Å². The normalized spacial score (nSPS) is 17.9. The zero-order chi connectivity index (χ0) is 22.0. The van der Waals surface area contributed by atoms with Crippen LogP contribution in [-0.2, 0) is 20.7 Å². The third kappa shape index (κ3) is 5.05. The maximum atomic E-state index is 13.3. The third-order valence-electron chi connectivity index (χ3n) is 5.83. The summed E-state index contributed by atoms with van der Waals surface area (Å²) < 4.78 is 11.1. The highest BCUT2D eigenvalue weighted by Gasteiger charge is 2.37. The smallest absolute Gasteiger partial charge is 0.249 e. The highest BCUT2D eigenvalue weighted by atomic mass is 35.5. The predicted molar refractivity (Wildman–Crippen MR) is 121 cm³/mol. The Kier molecular flexibility index (Phi) is 6.84. The molecular formula is C23H27ClN2O4S. The van der Waals surface area contributed by atoms with Crippen LogP contribution < -0.4 is 4.74 Å². The number of amides is 2. The molecule has 0 unspecified atom stereocenters. The van der Waals surface area contributed by atoms with E-state index in [9.17, 15) is 9.59 Å². The topological polar surface area (TPSA) is 59.1 Å². The number of aryl methyl sites for hydroxylation is 1. The number of thiophene rings is 1. The number of hydrogen-bond acceptors (Lipinski definition) is 5. The van der Waals surface area contributed by atoms with Crippen LogP contribution in [0.15, 0.2) is 29.6 Å². The van der Waals surface area contributed by atoms with Crippen molar-refractivity contribution < 1.29 is 19.1 Å². The van der Waals surface area contributed by atoms with E-state index in [4.69, 9.17) is 21.1 Å². The van der Waals surface area contributed by atoms with Crippen LogP contribution in [0.5, 0.6) is 5.75 Å². The predicted octanol–water partition coefficient (Wildman–Crippen LogP) is 3.85. The quantitative estimate of drug-likeness (QED) is 0.597. The van der Waals surface area contributed by atoms with Crippen molar-refractivity contribution in [3.05, 3.63) is 50.7 Å². The molecule has 8 heteroatoms. The molecule has 166 valence electrons. The van der Waals surface area contributed by atoms with Gasteiger partial charge in [-0.25, -0.2) is 0 Å². The van der Waals surface area contributed by atoms with Crippen LogP contribution in [-0.4, -0.2) is 61.1 Å². The molecule has 1 aliphatic heterocycles. The molecule has 0 bridgehead atoms. The number of hydrogen-bond donors (Lipinski definition) is 0. The second-order valence-electron chi connectivity index (χ2n) is 8.06. The summed E-state index contributed by atoms with van der Waals surface area (Å²) in [6.45, 7) is 3.00. The largest absolute Gasteiger partial charge is 0.491 e. The van der Waals surface area contributed by atoms with Gasteiger partial charge in [-0.3, -0.25) is 9.59 Å². The molecule has 31 heavy (non-hydrogen) atoms. The van der Waals surface area contributed by atoms with E-state index in [0.29, 0.717) is 18.2 Å². The molecule has 2 aliphatic rings. The van der Waals surface area contributed by atoms with E-state index < -0.39 is 0 Å². The van der Waals surface area contributed by atoms with Gasteiger partial charge in [0.15, 0.2) is 0 Å². The van der Waals surface area contributed by atoms with Crippen LogP contribution in [0, 0.1) is 6.92 Å². The second kappa shape index (κ2) is 9.59. The maximum Gasteiger partial charge on any atom is 0.249 e. The molecule has 1 aromatic heterocycles. The van der Waals surface area contributed by atoms with E-state index in [2.05, 4.69) is 11.4 Å². The molecule has 0 saturated heterocycles. The molecule has 4 rings (SSSR count). The Hall–Kier alpha value is -2.09. The lowest BCUT2D eigenvalue weighted by Crippen LogP contribution is -2.49. The van der Waals surface area contributed by atoms with Crippen LogP contribution in [0.2, 0.25) is 5.02 Å². The fourth-order valence-corrected chi connectivity index (χ4v) is 5.05. The Labute approximate surface area is 191 Å². The van der Waals surface area contributed by atoms with Crippen LogP contribution in [0.1, 0.15) is 34.9 Å². The Bertz CT molecular complexity index is 959. The molecule has 0 N–H and O–H groups in total. The second-order valence-corrected chi connectivity index (χ2v) is 9.47. The first-order valence-electron chi connectivity index (χ1n) is 10.5. The Morgan fingerprint density at radius 2 is 2.10 bits per heavy atom. The van der Waals surface area contributed by atoms with Crippen molar-refractivity contribution in [1.82, 2.24) is 9.80 Å². The minimum absolute atomic E-state index is 0.000909. The Balaban J connectivity index is 1.50. The summed E-state index contributed by atoms with van der Waals surface area (Å²) >= 11 is 7.84. The Morgan fingerprint density at radius 1 is 1.29 bits per heavy atom. The zero-order valence-electron chi connectivity index (χ0n) is 17.8. The number of ether oxygens (including phenoxy) is 2. The molecule has 6 nitrogen and oxygen atoms in total. The first-order valence-corrected chi connectivity index (χ1v) is 11.8. The minimum atomic E-state index is -0.183. The van der Waals surface area contributed by atoms with Gasteiger partial charge in [0.1, 0.15) is 25.5 Å². The van der Waals surface area contributed by atoms with Crippen molar-refractivity contribution >= 4 is 34.8 Å². The van der Waals surface area contributed by atoms with Gasteiger partial charge in [-0.15, -0.1) is 11.3 Å². The summed E-state index contributed by atoms with van der Waals surface area (Å²) in [6, 6.07) is 7.62. The van der Waals surface area contributed by atoms with Crippen molar-refractivity contribution in [3.63, 3.8) is 0 Å². The van der Waals surface area contributed by atoms with Gasteiger partial charge in [-0.05, 0) is 67.0 Å². The number of carbonyl (C=O) groups excluding carboxylic acids is 2. The van der Waals surface area contributed by atoms with Crippen LogP contribution in [0.25, 0.3) is 0 Å². The molecule has 2 heterocycles. The Morgan fingerprint density at radius 3 is 2.81 bits per heavy atom. The number of fused-ring (bicyclic) bond motifs is 1. The van der Waals surface area contributed by atoms with E-state index in [1.54, 1.807) is 16.2 Å². The standard InChI is InChI=1S/C23H27ClN2O4S/c1-15-11-17(5-6-19(15)24)30-13-20-18-8-10-31-21(18)7-9-25(20)22(27)12-26(16-3-4-16)23(28)14-29-2/h5-6,8,10-11,16,20H,3-4,7,9,12-14H2,1-2H3/t20-/m1/s1. The van der Waals surface area contributed by atoms with Crippen LogP contribution in [0.3, 0.4) is 0 Å². The first kappa shape index (κ1) is 22.1. The van der Waals surface area contributed by atoms with Gasteiger partial charge >= 0.3 is 0 Å². The van der Waals surface area contributed by atoms with Gasteiger partial charge in [0.05, 0.1) is 6.04 Å². The van der Waals surface area contributed by atoms with Gasteiger partial charge in [0, 0.05) is 29.6 Å². The average Bonchev–Trinajstić information content (AvgIpc) is 3.48. The molecule has 2 amide bonds. The first-order chi connectivity index (χ1) is 15.0. The molecule has 0 spiro atoms. The number of nitrogens with zero attached hydrogens (tertiary/aromatic N) is 2. The molecule has 1 atom stereocenters. The number of carbonyl (C=O) groups is 2. The molecule has 1 saturated carbocycles. The number of rotatable bonds is 8. The monoisotopic (exact) mass is 462 g/mol. The summed E-state index contributed by atoms with van der Waals surface area (Å²) in [5, 5.41) is 2.76. The molecule has 1 aromatic carbocycles. The lowest BCUT2D eigenvalue weighted by Gasteiger charge is -2.37. The highest BCUT2D eigenvalue weighted by molar-refractivity contribution is 7.10. The lowest BCUT2D eigenvalue weighted by molar-refractivity contribution is -0.145. The SMILES string of the molecule is COCC(=O)N(CC(=O)N1CCc2sccc2[C@H]1COc1ccc(Cl)c(C)c1)C1CC1. The maximum absolute atomic E-state index is 13.3. The zero-order valence-corrected chi connectivity index (χ0v) is 19.4. The van der Waals surface area contributed by atoms with Gasteiger partial charge in [-0.1, -0.05) is 11.6 Å². The van der Waals surface area contributed by atoms with E-state index in [1.165, 1.54) is 12.0 Å². The van der Waals surface area contributed by atoms with Crippen molar-refractivity contribution in [3.8, 4) is 5.75 Å². The molecule has 0 radical (unpaired) electrons. The van der Waals surface area contributed by atoms with Crippen molar-refractivity contribution in [2.45, 2.75) is 38.3 Å². The minimum Gasteiger partial charge on any atom is -0.491 e. The van der Waals surface area contributed by atoms with E-state index in [0.717, 1.165) is 36.1 Å². The van der Waals surface area contributed by atoms with E-state index in [-0.39, 0.29) is 37.0 Å². The highest BCUT2D eigenvalue weighted by Crippen LogP contribution is 2.35. The number of benzene rings is 1. The van der Waals surface area contributed by atoms with Crippen molar-refractivity contribution in [2.24, 2.45) is 0 Å². The molecule has 1 aliphatic carbocycles. The molecule has 1 fully saturated rings. The lowest BCUT2D eigenvalue weighted by atomic mass is 10.0. The van der Waals surface area contributed by atoms with Gasteiger partial charge in [0.2, 0.25) is 11.8 Å². The van der Waals surface area contributed by atoms with Crippen LogP contribution in [0.4, 0.5) is 0 Å². The summed E-state index contributed by atoms with van der Waals surface area (Å²) in [5.41, 5.74) is 2.08. The van der Waals surface area contributed by atoms with E-state index >= 15 is 0 Å². The third-order valence-corrected chi connectivity index (χ3v) is 7.25. The van der Waals surface area contributed by atoms with E-state index in [1.807, 2.05) is 30.0 Å². The fraction of sp³-hybridized carbons (Fsp3) is 0.478. The summed E-state index contributed by atoms with van der Waals surface area (Å²) in [6.07, 6.45) is 2.71. The van der Waals surface area contributed by atoms with Crippen molar-refractivity contribution in [2.75, 3.05) is 33.4 Å². The summed E-state index contributed by atoms with van der Waals surface area (Å²) in [5.74, 6) is 0.552.